The van der Waals surface area contributed by atoms with Crippen molar-refractivity contribution in [2.75, 3.05) is 0 Å². The lowest BCUT2D eigenvalue weighted by molar-refractivity contribution is 0.368. The third kappa shape index (κ3) is 17.7. The number of nitrogens with zero attached hydrogens (tertiary/aromatic N) is 4. The SMILES string of the molecule is F[B-](F)(F)F.c1cnnnn1. The van der Waals surface area contributed by atoms with Crippen LogP contribution in [0.25, 0.3) is 0 Å². The van der Waals surface area contributed by atoms with Crippen molar-refractivity contribution in [1.82, 2.24) is 20.6 Å². The Morgan fingerprint density at radius 1 is 0.818 bits per heavy atom. The molecule has 0 aliphatic heterocycles. The highest BCUT2D eigenvalue weighted by atomic mass is 19.5. The lowest BCUT2D eigenvalue weighted by atomic mass is 10.3. The van der Waals surface area contributed by atoms with E-state index < -0.39 is 7.25 Å². The normalized spacial score (nSPS) is 9.82. The van der Waals surface area contributed by atoms with Crippen molar-refractivity contribution in [2.45, 2.75) is 0 Å². The average molecular weight is 169 g/mol. The molecule has 0 saturated heterocycles. The van der Waals surface area contributed by atoms with E-state index in [0.29, 0.717) is 0 Å². The van der Waals surface area contributed by atoms with Gasteiger partial charge in [0.25, 0.3) is 0 Å². The smallest absolute Gasteiger partial charge is 0.418 e. The van der Waals surface area contributed by atoms with Gasteiger partial charge in [-0.2, -0.15) is 0 Å². The first-order chi connectivity index (χ1) is 5.00. The zero-order valence-electron chi connectivity index (χ0n) is 5.03. The summed E-state index contributed by atoms with van der Waals surface area (Å²) < 4.78 is 39.0. The van der Waals surface area contributed by atoms with Crippen molar-refractivity contribution < 1.29 is 17.3 Å². The standard InChI is InChI=1S/C2H2N4.BF4/c1-2-4-6-5-3-1;2-1(3,4)5/h1-2H;/q;-1. The highest BCUT2D eigenvalue weighted by molar-refractivity contribution is 6.50. The molecule has 0 fully saturated rings. The molecule has 1 rings (SSSR count). The van der Waals surface area contributed by atoms with Gasteiger partial charge in [0.1, 0.15) is 0 Å². The summed E-state index contributed by atoms with van der Waals surface area (Å²) in [7, 11) is -6.00. The molecule has 0 radical (unpaired) electrons. The third-order valence-electron chi connectivity index (χ3n) is 0.343. The summed E-state index contributed by atoms with van der Waals surface area (Å²) in [5, 5.41) is 13.1. The van der Waals surface area contributed by atoms with E-state index in [1.54, 1.807) is 0 Å². The quantitative estimate of drug-likeness (QED) is 0.420. The molecule has 1 heterocycles. The Morgan fingerprint density at radius 2 is 1.09 bits per heavy atom. The van der Waals surface area contributed by atoms with E-state index >= 15 is 0 Å². The van der Waals surface area contributed by atoms with Gasteiger partial charge >= 0.3 is 7.25 Å². The third-order valence-corrected chi connectivity index (χ3v) is 0.343. The fraction of sp³-hybridized carbons (Fsp3) is 0. The van der Waals surface area contributed by atoms with E-state index in [1.165, 1.54) is 12.4 Å². The molecule has 0 aliphatic rings. The van der Waals surface area contributed by atoms with Crippen molar-refractivity contribution in [3.05, 3.63) is 12.4 Å². The van der Waals surface area contributed by atoms with Gasteiger partial charge in [-0.25, -0.2) is 0 Å². The molecule has 1 aromatic heterocycles. The Hall–Kier alpha value is -1.28. The maximum Gasteiger partial charge on any atom is 0.673 e. The minimum absolute atomic E-state index is 1.47. The minimum Gasteiger partial charge on any atom is -0.418 e. The number of hydrogen-bond donors (Lipinski definition) is 0. The van der Waals surface area contributed by atoms with Gasteiger partial charge in [-0.15, -0.1) is 10.2 Å². The van der Waals surface area contributed by atoms with Gasteiger partial charge < -0.3 is 17.3 Å². The zero-order valence-corrected chi connectivity index (χ0v) is 5.03. The second-order valence-electron chi connectivity index (χ2n) is 1.20. The maximum absolute atomic E-state index is 9.75. The summed E-state index contributed by atoms with van der Waals surface area (Å²) >= 11 is 0. The van der Waals surface area contributed by atoms with Crippen LogP contribution in [0.4, 0.5) is 17.3 Å². The lowest BCUT2D eigenvalue weighted by Crippen LogP contribution is -2.02. The summed E-state index contributed by atoms with van der Waals surface area (Å²) in [6.45, 7) is 0. The molecule has 9 heteroatoms. The van der Waals surface area contributed by atoms with E-state index in [9.17, 15) is 17.3 Å². The van der Waals surface area contributed by atoms with Crippen LogP contribution in [0, 0.1) is 0 Å². The van der Waals surface area contributed by atoms with Crippen molar-refractivity contribution in [3.63, 3.8) is 0 Å². The molecule has 0 bridgehead atoms. The first-order valence-electron chi connectivity index (χ1n) is 2.32. The van der Waals surface area contributed by atoms with Crippen molar-refractivity contribution in [2.24, 2.45) is 0 Å². The molecule has 0 atom stereocenters. The molecule has 1 aromatic rings. The molecule has 11 heavy (non-hydrogen) atoms. The van der Waals surface area contributed by atoms with Crippen LogP contribution in [0.5, 0.6) is 0 Å². The Balaban J connectivity index is 0.000000187. The molecule has 0 saturated carbocycles. The van der Waals surface area contributed by atoms with Gasteiger partial charge in [-0.05, 0) is 10.4 Å². The van der Waals surface area contributed by atoms with E-state index in [0.717, 1.165) is 0 Å². The van der Waals surface area contributed by atoms with Crippen LogP contribution < -0.4 is 0 Å². The molecule has 4 nitrogen and oxygen atoms in total. The minimum atomic E-state index is -6.00. The van der Waals surface area contributed by atoms with Gasteiger partial charge in [-0.1, -0.05) is 0 Å². The number of hydrogen-bond acceptors (Lipinski definition) is 4. The van der Waals surface area contributed by atoms with Crippen LogP contribution in [0.3, 0.4) is 0 Å². The molecular formula is C2H2BF4N4-. The summed E-state index contributed by atoms with van der Waals surface area (Å²) in [4.78, 5) is 0. The second kappa shape index (κ2) is 4.53. The largest absolute Gasteiger partial charge is 0.673 e. The molecule has 0 N–H and O–H groups in total. The van der Waals surface area contributed by atoms with Crippen LogP contribution in [0.2, 0.25) is 0 Å². The van der Waals surface area contributed by atoms with E-state index in [-0.39, 0.29) is 0 Å². The number of aromatic nitrogens is 4. The van der Waals surface area contributed by atoms with Crippen LogP contribution >= 0.6 is 0 Å². The summed E-state index contributed by atoms with van der Waals surface area (Å²) in [6, 6.07) is 0. The highest BCUT2D eigenvalue weighted by Crippen LogP contribution is 2.06. The van der Waals surface area contributed by atoms with Crippen molar-refractivity contribution in [1.29, 1.82) is 0 Å². The monoisotopic (exact) mass is 169 g/mol. The number of rotatable bonds is 0. The van der Waals surface area contributed by atoms with Crippen molar-refractivity contribution >= 4 is 7.25 Å². The topological polar surface area (TPSA) is 51.6 Å². The molecule has 0 amide bonds. The van der Waals surface area contributed by atoms with Crippen molar-refractivity contribution in [3.8, 4) is 0 Å². The van der Waals surface area contributed by atoms with E-state index in [1.807, 2.05) is 0 Å². The Labute approximate surface area is 58.7 Å². The predicted octanol–water partition coefficient (Wildman–Crippen LogP) is 0.567. The molecule has 0 spiro atoms. The first-order valence-corrected chi connectivity index (χ1v) is 2.32. The van der Waals surface area contributed by atoms with Gasteiger partial charge in [0.15, 0.2) is 0 Å². The maximum atomic E-state index is 9.75. The average Bonchev–Trinajstić information content (AvgIpc) is 1.88. The Bertz CT molecular complexity index is 144. The van der Waals surface area contributed by atoms with Crippen LogP contribution in [0.15, 0.2) is 12.4 Å². The van der Waals surface area contributed by atoms with Crippen LogP contribution in [-0.4, -0.2) is 27.9 Å². The second-order valence-corrected chi connectivity index (χ2v) is 1.20. The Morgan fingerprint density at radius 3 is 1.18 bits per heavy atom. The van der Waals surface area contributed by atoms with Gasteiger partial charge in [-0.3, -0.25) is 0 Å². The molecular weight excluding hydrogens is 167 g/mol. The number of halogens is 4. The predicted molar refractivity (Wildman–Crippen MR) is 27.8 cm³/mol. The summed E-state index contributed by atoms with van der Waals surface area (Å²) in [6.07, 6.45) is 2.93. The van der Waals surface area contributed by atoms with Crippen LogP contribution in [-0.2, 0) is 0 Å². The molecule has 0 aliphatic carbocycles. The van der Waals surface area contributed by atoms with Gasteiger partial charge in [0.05, 0.1) is 12.4 Å². The van der Waals surface area contributed by atoms with Gasteiger partial charge in [0.2, 0.25) is 0 Å². The molecule has 0 unspecified atom stereocenters. The Kier molecular flexibility index (Phi) is 4.00. The lowest BCUT2D eigenvalue weighted by Gasteiger charge is -1.94. The first kappa shape index (κ1) is 9.72. The summed E-state index contributed by atoms with van der Waals surface area (Å²) in [5.74, 6) is 0. The van der Waals surface area contributed by atoms with E-state index in [4.69, 9.17) is 0 Å². The molecule has 62 valence electrons. The summed E-state index contributed by atoms with van der Waals surface area (Å²) in [5.41, 5.74) is 0. The van der Waals surface area contributed by atoms with E-state index in [2.05, 4.69) is 20.6 Å². The van der Waals surface area contributed by atoms with Gasteiger partial charge in [0, 0.05) is 0 Å². The molecule has 0 aromatic carbocycles. The fourth-order valence-corrected chi connectivity index (χ4v) is 0.165. The highest BCUT2D eigenvalue weighted by Gasteiger charge is 2.20. The fourth-order valence-electron chi connectivity index (χ4n) is 0.165. The zero-order chi connectivity index (χ0) is 8.74. The van der Waals surface area contributed by atoms with Crippen LogP contribution in [0.1, 0.15) is 0 Å².